The van der Waals surface area contributed by atoms with Crippen molar-refractivity contribution >= 4 is 0 Å². The number of ether oxygens (including phenoxy) is 1. The Morgan fingerprint density at radius 3 is 2.36 bits per heavy atom. The molecule has 1 nitrogen and oxygen atoms in total. The standard InChI is InChI=1S/C13H12O/c1-4-5-10-14-13-8-6-12(7-9-13)11(2)3/h1,6-9,11H,2-3H3. The van der Waals surface area contributed by atoms with Gasteiger partial charge in [0.2, 0.25) is 0 Å². The lowest BCUT2D eigenvalue weighted by Crippen LogP contribution is -1.87. The van der Waals surface area contributed by atoms with Crippen LogP contribution in [0, 0.1) is 24.4 Å². The molecule has 0 atom stereocenters. The third-order valence-electron chi connectivity index (χ3n) is 1.84. The fourth-order valence-electron chi connectivity index (χ4n) is 1.03. The van der Waals surface area contributed by atoms with Crippen molar-refractivity contribution in [1.29, 1.82) is 0 Å². The Bertz CT molecular complexity index is 382. The molecular weight excluding hydrogens is 172 g/mol. The van der Waals surface area contributed by atoms with Crippen molar-refractivity contribution in [2.24, 2.45) is 0 Å². The van der Waals surface area contributed by atoms with Gasteiger partial charge in [-0.1, -0.05) is 26.0 Å². The summed E-state index contributed by atoms with van der Waals surface area (Å²) in [7, 11) is 0. The van der Waals surface area contributed by atoms with Crippen LogP contribution in [0.4, 0.5) is 0 Å². The van der Waals surface area contributed by atoms with Gasteiger partial charge in [0.1, 0.15) is 11.9 Å². The molecule has 0 unspecified atom stereocenters. The molecule has 1 aromatic rings. The summed E-state index contributed by atoms with van der Waals surface area (Å²) in [5.74, 6) is 5.82. The van der Waals surface area contributed by atoms with Crippen molar-refractivity contribution in [2.45, 2.75) is 19.8 Å². The van der Waals surface area contributed by atoms with Gasteiger partial charge in [-0.3, -0.25) is 0 Å². The Kier molecular flexibility index (Phi) is 3.65. The van der Waals surface area contributed by atoms with Gasteiger partial charge in [0.05, 0.1) is 0 Å². The number of rotatable bonds is 2. The molecule has 1 heteroatoms. The minimum atomic E-state index is 0.529. The highest BCUT2D eigenvalue weighted by molar-refractivity contribution is 5.31. The lowest BCUT2D eigenvalue weighted by Gasteiger charge is -2.04. The highest BCUT2D eigenvalue weighted by atomic mass is 16.5. The third kappa shape index (κ3) is 2.88. The summed E-state index contributed by atoms with van der Waals surface area (Å²) in [5, 5.41) is 0. The molecule has 0 saturated heterocycles. The van der Waals surface area contributed by atoms with Crippen molar-refractivity contribution < 1.29 is 4.74 Å². The van der Waals surface area contributed by atoms with Gasteiger partial charge in [0.25, 0.3) is 0 Å². The van der Waals surface area contributed by atoms with Gasteiger partial charge in [-0.15, -0.1) is 6.42 Å². The molecule has 0 aromatic heterocycles. The molecule has 70 valence electrons. The number of benzene rings is 1. The maximum Gasteiger partial charge on any atom is 0.140 e. The quantitative estimate of drug-likeness (QED) is 0.642. The summed E-state index contributed by atoms with van der Waals surface area (Å²) in [6, 6.07) is 7.83. The van der Waals surface area contributed by atoms with E-state index in [-0.39, 0.29) is 0 Å². The second kappa shape index (κ2) is 5.00. The normalized spacial score (nSPS) is 8.71. The van der Waals surface area contributed by atoms with Crippen LogP contribution in [0.5, 0.6) is 5.75 Å². The van der Waals surface area contributed by atoms with E-state index in [0.29, 0.717) is 5.92 Å². The molecule has 0 aliphatic rings. The second-order valence-corrected chi connectivity index (χ2v) is 3.20. The van der Waals surface area contributed by atoms with E-state index in [0.717, 1.165) is 5.75 Å². The summed E-state index contributed by atoms with van der Waals surface area (Å²) in [5.41, 5.74) is 1.28. The minimum absolute atomic E-state index is 0.529. The average Bonchev–Trinajstić information content (AvgIpc) is 2.19. The maximum absolute atomic E-state index is 5.08. The van der Waals surface area contributed by atoms with Gasteiger partial charge in [0.15, 0.2) is 0 Å². The molecule has 0 N–H and O–H groups in total. The smallest absolute Gasteiger partial charge is 0.140 e. The summed E-state index contributed by atoms with van der Waals surface area (Å²) in [6.45, 7) is 4.29. The topological polar surface area (TPSA) is 9.23 Å². The first-order chi connectivity index (χ1) is 6.74. The van der Waals surface area contributed by atoms with Gasteiger partial charge in [-0.05, 0) is 29.5 Å². The van der Waals surface area contributed by atoms with Gasteiger partial charge in [-0.25, -0.2) is 0 Å². The molecule has 0 heterocycles. The number of hydrogen-bond acceptors (Lipinski definition) is 1. The van der Waals surface area contributed by atoms with Gasteiger partial charge in [-0.2, -0.15) is 0 Å². The molecule has 0 amide bonds. The van der Waals surface area contributed by atoms with Crippen LogP contribution in [0.25, 0.3) is 0 Å². The van der Waals surface area contributed by atoms with E-state index in [2.05, 4.69) is 31.8 Å². The first-order valence-electron chi connectivity index (χ1n) is 4.46. The van der Waals surface area contributed by atoms with E-state index >= 15 is 0 Å². The zero-order valence-electron chi connectivity index (χ0n) is 8.37. The Morgan fingerprint density at radius 1 is 1.21 bits per heavy atom. The van der Waals surface area contributed by atoms with Crippen LogP contribution in [0.15, 0.2) is 24.3 Å². The Labute approximate surface area is 85.1 Å². The van der Waals surface area contributed by atoms with E-state index in [9.17, 15) is 0 Å². The molecule has 0 radical (unpaired) electrons. The Hall–Kier alpha value is -1.86. The molecule has 14 heavy (non-hydrogen) atoms. The van der Waals surface area contributed by atoms with Crippen molar-refractivity contribution in [2.75, 3.05) is 0 Å². The van der Waals surface area contributed by atoms with Crippen LogP contribution in [0.3, 0.4) is 0 Å². The zero-order chi connectivity index (χ0) is 10.4. The summed E-state index contributed by atoms with van der Waals surface area (Å²) in [4.78, 5) is 0. The first-order valence-corrected chi connectivity index (χ1v) is 4.46. The average molecular weight is 184 g/mol. The largest absolute Gasteiger partial charge is 0.407 e. The van der Waals surface area contributed by atoms with Crippen molar-refractivity contribution in [1.82, 2.24) is 0 Å². The monoisotopic (exact) mass is 184 g/mol. The lowest BCUT2D eigenvalue weighted by molar-refractivity contribution is 0.519. The highest BCUT2D eigenvalue weighted by Gasteiger charge is 1.98. The molecule has 1 aromatic carbocycles. The molecule has 0 fully saturated rings. The van der Waals surface area contributed by atoms with Crippen LogP contribution in [0.2, 0.25) is 0 Å². The molecule has 0 aliphatic carbocycles. The Morgan fingerprint density at radius 2 is 1.86 bits per heavy atom. The van der Waals surface area contributed by atoms with Crippen LogP contribution in [-0.4, -0.2) is 0 Å². The summed E-state index contributed by atoms with van der Waals surface area (Å²) in [6.07, 6.45) is 7.37. The van der Waals surface area contributed by atoms with Crippen molar-refractivity contribution in [3.63, 3.8) is 0 Å². The molecule has 0 spiro atoms. The fourth-order valence-corrected chi connectivity index (χ4v) is 1.03. The predicted molar refractivity (Wildman–Crippen MR) is 57.8 cm³/mol. The van der Waals surface area contributed by atoms with Crippen LogP contribution in [-0.2, 0) is 0 Å². The van der Waals surface area contributed by atoms with E-state index < -0.39 is 0 Å². The second-order valence-electron chi connectivity index (χ2n) is 3.20. The van der Waals surface area contributed by atoms with Crippen LogP contribution < -0.4 is 4.74 Å². The SMILES string of the molecule is C#CC#COc1ccc(C(C)C)cc1. The van der Waals surface area contributed by atoms with Crippen LogP contribution >= 0.6 is 0 Å². The third-order valence-corrected chi connectivity index (χ3v) is 1.84. The molecule has 0 bridgehead atoms. The number of terminal acetylenes is 1. The van der Waals surface area contributed by atoms with Gasteiger partial charge in [0, 0.05) is 5.92 Å². The zero-order valence-corrected chi connectivity index (χ0v) is 8.37. The van der Waals surface area contributed by atoms with E-state index in [4.69, 9.17) is 11.2 Å². The molecule has 0 saturated carbocycles. The fraction of sp³-hybridized carbons (Fsp3) is 0.231. The predicted octanol–water partition coefficient (Wildman–Crippen LogP) is 2.78. The maximum atomic E-state index is 5.08. The van der Waals surface area contributed by atoms with Crippen molar-refractivity contribution in [3.8, 4) is 30.1 Å². The number of hydrogen-bond donors (Lipinski definition) is 0. The van der Waals surface area contributed by atoms with Gasteiger partial charge >= 0.3 is 0 Å². The van der Waals surface area contributed by atoms with Crippen molar-refractivity contribution in [3.05, 3.63) is 29.8 Å². The summed E-state index contributed by atoms with van der Waals surface area (Å²) < 4.78 is 5.08. The van der Waals surface area contributed by atoms with E-state index in [1.807, 2.05) is 24.3 Å². The Balaban J connectivity index is 2.70. The minimum Gasteiger partial charge on any atom is -0.407 e. The molecule has 1 rings (SSSR count). The summed E-state index contributed by atoms with van der Waals surface area (Å²) >= 11 is 0. The highest BCUT2D eigenvalue weighted by Crippen LogP contribution is 2.18. The van der Waals surface area contributed by atoms with Crippen LogP contribution in [0.1, 0.15) is 25.3 Å². The van der Waals surface area contributed by atoms with E-state index in [1.165, 1.54) is 5.56 Å². The first kappa shape index (κ1) is 10.2. The van der Waals surface area contributed by atoms with E-state index in [1.54, 1.807) is 0 Å². The molecule has 0 aliphatic heterocycles. The lowest BCUT2D eigenvalue weighted by atomic mass is 10.0. The molecular formula is C13H12O. The van der Waals surface area contributed by atoms with Gasteiger partial charge < -0.3 is 4.74 Å².